The zero-order chi connectivity index (χ0) is 12.4. The molecular weight excluding hydrogens is 210 g/mol. The normalized spacial score (nSPS) is 13.5. The molecule has 2 aromatic heterocycles. The Labute approximate surface area is 103 Å². The van der Waals surface area contributed by atoms with Gasteiger partial charge in [-0.2, -0.15) is 0 Å². The summed E-state index contributed by atoms with van der Waals surface area (Å²) in [6.45, 7) is 6.47. The molecule has 17 heavy (non-hydrogen) atoms. The molecule has 0 saturated carbocycles. The monoisotopic (exact) mass is 231 g/mol. The molecule has 0 bridgehead atoms. The van der Waals surface area contributed by atoms with E-state index in [1.54, 1.807) is 0 Å². The highest BCUT2D eigenvalue weighted by molar-refractivity contribution is 5.48. The number of aryl methyl sites for hydroxylation is 1. The number of aromatic nitrogens is 2. The summed E-state index contributed by atoms with van der Waals surface area (Å²) in [7, 11) is 0. The van der Waals surface area contributed by atoms with Crippen LogP contribution in [0.3, 0.4) is 0 Å². The minimum Gasteiger partial charge on any atom is -0.322 e. The molecule has 0 aliphatic carbocycles. The van der Waals surface area contributed by atoms with Crippen molar-refractivity contribution in [2.75, 3.05) is 0 Å². The van der Waals surface area contributed by atoms with Gasteiger partial charge in [-0.25, -0.2) is 4.98 Å². The number of pyridine rings is 1. The standard InChI is InChI=1S/C14H21N3/c1-4-11(5-2)13(15)12-9-16-14-10(3)7-6-8-17(12)14/h6-9,11,13H,4-5,15H2,1-3H3/t13-/m0/s1. The van der Waals surface area contributed by atoms with Gasteiger partial charge >= 0.3 is 0 Å². The predicted octanol–water partition coefficient (Wildman–Crippen LogP) is 3.08. The van der Waals surface area contributed by atoms with E-state index in [1.165, 1.54) is 5.56 Å². The third-order valence-corrected chi connectivity index (χ3v) is 3.66. The van der Waals surface area contributed by atoms with Crippen LogP contribution in [0, 0.1) is 12.8 Å². The predicted molar refractivity (Wildman–Crippen MR) is 70.9 cm³/mol. The second-order valence-electron chi connectivity index (χ2n) is 4.67. The quantitative estimate of drug-likeness (QED) is 0.878. The van der Waals surface area contributed by atoms with Gasteiger partial charge in [0.15, 0.2) is 0 Å². The van der Waals surface area contributed by atoms with Crippen molar-refractivity contribution < 1.29 is 0 Å². The molecule has 1 atom stereocenters. The van der Waals surface area contributed by atoms with E-state index in [0.29, 0.717) is 5.92 Å². The first kappa shape index (κ1) is 12.1. The fourth-order valence-electron chi connectivity index (χ4n) is 2.46. The summed E-state index contributed by atoms with van der Waals surface area (Å²) in [5.41, 5.74) is 9.69. The minimum atomic E-state index is 0.0711. The SMILES string of the molecule is CCC(CC)[C@H](N)c1cnc2c(C)cccn12. The number of hydrogen-bond donors (Lipinski definition) is 1. The number of nitrogens with zero attached hydrogens (tertiary/aromatic N) is 2. The van der Waals surface area contributed by atoms with Crippen LogP contribution in [0.1, 0.15) is 44.0 Å². The summed E-state index contributed by atoms with van der Waals surface area (Å²) in [6.07, 6.45) is 6.19. The molecule has 2 aromatic rings. The zero-order valence-corrected chi connectivity index (χ0v) is 10.9. The molecule has 3 nitrogen and oxygen atoms in total. The van der Waals surface area contributed by atoms with Crippen molar-refractivity contribution >= 4 is 5.65 Å². The van der Waals surface area contributed by atoms with E-state index in [9.17, 15) is 0 Å². The Bertz CT molecular complexity index is 497. The van der Waals surface area contributed by atoms with Crippen LogP contribution < -0.4 is 5.73 Å². The lowest BCUT2D eigenvalue weighted by Gasteiger charge is -2.20. The molecule has 0 aliphatic rings. The van der Waals surface area contributed by atoms with Crippen LogP contribution in [-0.2, 0) is 0 Å². The molecule has 2 N–H and O–H groups in total. The lowest BCUT2D eigenvalue weighted by molar-refractivity contribution is 0.397. The lowest BCUT2D eigenvalue weighted by Crippen LogP contribution is -2.21. The largest absolute Gasteiger partial charge is 0.322 e. The van der Waals surface area contributed by atoms with Crippen LogP contribution in [0.5, 0.6) is 0 Å². The number of rotatable bonds is 4. The Morgan fingerprint density at radius 1 is 1.35 bits per heavy atom. The fraction of sp³-hybridized carbons (Fsp3) is 0.500. The third kappa shape index (κ3) is 2.07. The molecular formula is C14H21N3. The molecule has 0 spiro atoms. The average Bonchev–Trinajstić information content (AvgIpc) is 2.75. The van der Waals surface area contributed by atoms with E-state index < -0.39 is 0 Å². The van der Waals surface area contributed by atoms with Gasteiger partial charge in [0.1, 0.15) is 5.65 Å². The summed E-state index contributed by atoms with van der Waals surface area (Å²) in [6, 6.07) is 4.20. The van der Waals surface area contributed by atoms with Crippen molar-refractivity contribution in [3.63, 3.8) is 0 Å². The molecule has 92 valence electrons. The second kappa shape index (κ2) is 4.88. The van der Waals surface area contributed by atoms with Gasteiger partial charge in [0.2, 0.25) is 0 Å². The van der Waals surface area contributed by atoms with E-state index in [0.717, 1.165) is 24.2 Å². The van der Waals surface area contributed by atoms with Crippen molar-refractivity contribution in [3.8, 4) is 0 Å². The summed E-state index contributed by atoms with van der Waals surface area (Å²) in [5.74, 6) is 0.524. The van der Waals surface area contributed by atoms with E-state index in [4.69, 9.17) is 5.73 Å². The molecule has 0 saturated heterocycles. The second-order valence-corrected chi connectivity index (χ2v) is 4.67. The van der Waals surface area contributed by atoms with Gasteiger partial charge in [-0.1, -0.05) is 32.8 Å². The van der Waals surface area contributed by atoms with E-state index in [1.807, 2.05) is 18.5 Å². The topological polar surface area (TPSA) is 43.3 Å². The summed E-state index contributed by atoms with van der Waals surface area (Å²) >= 11 is 0. The highest BCUT2D eigenvalue weighted by Gasteiger charge is 2.19. The molecule has 2 rings (SSSR count). The Kier molecular flexibility index (Phi) is 3.48. The number of nitrogens with two attached hydrogens (primary N) is 1. The first-order chi connectivity index (χ1) is 8.19. The molecule has 0 unspecified atom stereocenters. The Morgan fingerprint density at radius 3 is 2.71 bits per heavy atom. The molecule has 0 amide bonds. The Morgan fingerprint density at radius 2 is 2.06 bits per heavy atom. The van der Waals surface area contributed by atoms with E-state index in [-0.39, 0.29) is 6.04 Å². The maximum absolute atomic E-state index is 6.36. The zero-order valence-electron chi connectivity index (χ0n) is 10.9. The van der Waals surface area contributed by atoms with Gasteiger partial charge < -0.3 is 10.1 Å². The van der Waals surface area contributed by atoms with Crippen LogP contribution in [0.4, 0.5) is 0 Å². The molecule has 0 radical (unpaired) electrons. The summed E-state index contributed by atoms with van der Waals surface area (Å²) < 4.78 is 2.12. The smallest absolute Gasteiger partial charge is 0.139 e. The van der Waals surface area contributed by atoms with Crippen LogP contribution >= 0.6 is 0 Å². The van der Waals surface area contributed by atoms with Crippen LogP contribution in [0.2, 0.25) is 0 Å². The van der Waals surface area contributed by atoms with Crippen molar-refractivity contribution in [1.82, 2.24) is 9.38 Å². The molecule has 2 heterocycles. The van der Waals surface area contributed by atoms with E-state index >= 15 is 0 Å². The molecule has 0 fully saturated rings. The van der Waals surface area contributed by atoms with Gasteiger partial charge in [0.25, 0.3) is 0 Å². The number of fused-ring (bicyclic) bond motifs is 1. The summed E-state index contributed by atoms with van der Waals surface area (Å²) in [4.78, 5) is 4.47. The summed E-state index contributed by atoms with van der Waals surface area (Å²) in [5, 5.41) is 0. The van der Waals surface area contributed by atoms with Crippen molar-refractivity contribution in [1.29, 1.82) is 0 Å². The van der Waals surface area contributed by atoms with Gasteiger partial charge in [-0.15, -0.1) is 0 Å². The first-order valence-electron chi connectivity index (χ1n) is 6.37. The van der Waals surface area contributed by atoms with Crippen molar-refractivity contribution in [3.05, 3.63) is 35.8 Å². The van der Waals surface area contributed by atoms with Crippen LogP contribution in [0.15, 0.2) is 24.5 Å². The lowest BCUT2D eigenvalue weighted by atomic mass is 9.93. The van der Waals surface area contributed by atoms with Gasteiger partial charge in [-0.3, -0.25) is 0 Å². The van der Waals surface area contributed by atoms with E-state index in [2.05, 4.69) is 36.2 Å². The minimum absolute atomic E-state index is 0.0711. The third-order valence-electron chi connectivity index (χ3n) is 3.66. The highest BCUT2D eigenvalue weighted by Crippen LogP contribution is 2.26. The Hall–Kier alpha value is -1.35. The number of imidazole rings is 1. The average molecular weight is 231 g/mol. The maximum atomic E-state index is 6.36. The fourth-order valence-corrected chi connectivity index (χ4v) is 2.46. The number of hydrogen-bond acceptors (Lipinski definition) is 2. The molecule has 3 heteroatoms. The van der Waals surface area contributed by atoms with Crippen molar-refractivity contribution in [2.24, 2.45) is 11.7 Å². The maximum Gasteiger partial charge on any atom is 0.139 e. The molecule has 0 aliphatic heterocycles. The van der Waals surface area contributed by atoms with Gasteiger partial charge in [0.05, 0.1) is 11.9 Å². The Balaban J connectivity index is 2.45. The highest BCUT2D eigenvalue weighted by atomic mass is 15.0. The first-order valence-corrected chi connectivity index (χ1v) is 6.37. The van der Waals surface area contributed by atoms with Gasteiger partial charge in [-0.05, 0) is 24.5 Å². The van der Waals surface area contributed by atoms with Crippen LogP contribution in [0.25, 0.3) is 5.65 Å². The van der Waals surface area contributed by atoms with Crippen molar-refractivity contribution in [2.45, 2.75) is 39.7 Å². The molecule has 0 aromatic carbocycles. The van der Waals surface area contributed by atoms with Crippen LogP contribution in [-0.4, -0.2) is 9.38 Å². The van der Waals surface area contributed by atoms with Gasteiger partial charge in [0, 0.05) is 12.2 Å².